The number of thioether (sulfide) groups is 1. The van der Waals surface area contributed by atoms with Crippen LogP contribution < -0.4 is 10.6 Å². The molecule has 182 valence electrons. The van der Waals surface area contributed by atoms with Crippen LogP contribution in [0.5, 0.6) is 0 Å². The van der Waals surface area contributed by atoms with Gasteiger partial charge in [0.15, 0.2) is 9.84 Å². The highest BCUT2D eigenvalue weighted by Gasteiger charge is 2.31. The van der Waals surface area contributed by atoms with Crippen molar-refractivity contribution in [1.82, 2.24) is 0 Å². The fourth-order valence-corrected chi connectivity index (χ4v) is 9.22. The third kappa shape index (κ3) is 6.50. The number of sulfone groups is 1. The molecule has 0 aromatic heterocycles. The summed E-state index contributed by atoms with van der Waals surface area (Å²) in [7, 11) is -5.42. The van der Waals surface area contributed by atoms with Gasteiger partial charge in [-0.2, -0.15) is 0 Å². The summed E-state index contributed by atoms with van der Waals surface area (Å²) in [4.78, 5) is 2.98. The van der Waals surface area contributed by atoms with Crippen LogP contribution in [0.3, 0.4) is 0 Å². The van der Waals surface area contributed by atoms with Crippen LogP contribution in [0, 0.1) is 0 Å². The first kappa shape index (κ1) is 26.5. The molecule has 3 aromatic rings. The molecule has 0 fully saturated rings. The second-order valence-corrected chi connectivity index (χ2v) is 13.3. The normalized spacial score (nSPS) is 20.1. The van der Waals surface area contributed by atoms with Gasteiger partial charge >= 0.3 is 0 Å². The molecule has 0 spiro atoms. The largest absolute Gasteiger partial charge is 0.383 e. The Labute approximate surface area is 210 Å². The van der Waals surface area contributed by atoms with Crippen molar-refractivity contribution >= 4 is 54.6 Å². The first-order valence-electron chi connectivity index (χ1n) is 10.8. The van der Waals surface area contributed by atoms with Gasteiger partial charge in [0.2, 0.25) is 0 Å². The predicted molar refractivity (Wildman–Crippen MR) is 143 cm³/mol. The lowest BCUT2D eigenvalue weighted by Gasteiger charge is -2.16. The van der Waals surface area contributed by atoms with Gasteiger partial charge in [0.25, 0.3) is 0 Å². The van der Waals surface area contributed by atoms with Gasteiger partial charge in [0.05, 0.1) is 47.8 Å². The van der Waals surface area contributed by atoms with Crippen LogP contribution in [0.2, 0.25) is 0 Å². The molecule has 3 aromatic carbocycles. The fraction of sp³-hybridized carbons (Fsp3) is 0.250. The van der Waals surface area contributed by atoms with Crippen molar-refractivity contribution in [2.24, 2.45) is 0 Å². The van der Waals surface area contributed by atoms with Crippen LogP contribution in [0.25, 0.3) is 0 Å². The second-order valence-electron chi connectivity index (χ2n) is 6.96. The first-order chi connectivity index (χ1) is 16.5. The van der Waals surface area contributed by atoms with Crippen molar-refractivity contribution in [2.45, 2.75) is 33.4 Å². The van der Waals surface area contributed by atoms with Crippen molar-refractivity contribution in [1.29, 1.82) is 0 Å². The quantitative estimate of drug-likeness (QED) is 0.420. The number of nitrogens with one attached hydrogen (secondary N) is 2. The van der Waals surface area contributed by atoms with Crippen molar-refractivity contribution in [2.75, 3.05) is 33.9 Å². The molecule has 6 nitrogen and oxygen atoms in total. The van der Waals surface area contributed by atoms with E-state index in [0.717, 1.165) is 17.1 Å². The number of para-hydroxylation sites is 2. The molecular weight excluding hydrogens is 509 g/mol. The zero-order chi connectivity index (χ0) is 24.6. The van der Waals surface area contributed by atoms with Crippen LogP contribution in [0.15, 0.2) is 92.4 Å². The van der Waals surface area contributed by atoms with Crippen LogP contribution in [0.1, 0.15) is 13.8 Å². The lowest BCUT2D eigenvalue weighted by atomic mass is 10.3. The van der Waals surface area contributed by atoms with Gasteiger partial charge in [-0.05, 0) is 36.4 Å². The molecule has 0 aliphatic carbocycles. The van der Waals surface area contributed by atoms with Crippen molar-refractivity contribution in [3.63, 3.8) is 0 Å². The van der Waals surface area contributed by atoms with E-state index in [1.807, 2.05) is 49.9 Å². The molecule has 0 saturated heterocycles. The number of rotatable bonds is 0. The third-order valence-corrected chi connectivity index (χ3v) is 11.2. The minimum absolute atomic E-state index is 0.225. The van der Waals surface area contributed by atoms with E-state index in [4.69, 9.17) is 0 Å². The SMILES string of the molecule is CC.O=S1CNc2ccccc21.O=S1CS(=O)(=O)c2ccccc21.c1ccc2c(c1)NCCS2. The maximum absolute atomic E-state index is 11.3. The molecular formula is C24H28N2O4S4. The number of fused-ring (bicyclic) bond motifs is 3. The number of benzene rings is 3. The van der Waals surface area contributed by atoms with E-state index in [-0.39, 0.29) is 9.98 Å². The van der Waals surface area contributed by atoms with E-state index >= 15 is 0 Å². The van der Waals surface area contributed by atoms with E-state index in [0.29, 0.717) is 10.8 Å². The lowest BCUT2D eigenvalue weighted by molar-refractivity contribution is 0.600. The minimum Gasteiger partial charge on any atom is -0.383 e. The molecule has 0 radical (unpaired) electrons. The third-order valence-electron chi connectivity index (χ3n) is 4.78. The van der Waals surface area contributed by atoms with Crippen molar-refractivity contribution in [3.05, 3.63) is 72.8 Å². The maximum Gasteiger partial charge on any atom is 0.191 e. The van der Waals surface area contributed by atoms with E-state index < -0.39 is 31.4 Å². The highest BCUT2D eigenvalue weighted by molar-refractivity contribution is 8.07. The molecule has 2 atom stereocenters. The fourth-order valence-electron chi connectivity index (χ4n) is 3.28. The zero-order valence-corrected chi connectivity index (χ0v) is 22.3. The van der Waals surface area contributed by atoms with Gasteiger partial charge in [-0.3, -0.25) is 8.42 Å². The molecule has 10 heteroatoms. The summed E-state index contributed by atoms with van der Waals surface area (Å²) in [6, 6.07) is 22.5. The summed E-state index contributed by atoms with van der Waals surface area (Å²) < 4.78 is 44.9. The van der Waals surface area contributed by atoms with Gasteiger partial charge in [0, 0.05) is 22.9 Å². The minimum atomic E-state index is -3.25. The summed E-state index contributed by atoms with van der Waals surface area (Å²) in [6.07, 6.45) is 0. The molecule has 3 aliphatic heterocycles. The van der Waals surface area contributed by atoms with Gasteiger partial charge in [0.1, 0.15) is 5.08 Å². The Morgan fingerprint density at radius 3 is 2.06 bits per heavy atom. The standard InChI is InChI=1S/C8H9NS.C7H7NOS.C7H6O3S2.C2H6/c1-2-4-8-7(3-1)9-5-6-10-8;9-10-5-8-6-3-1-2-4-7(6)10;8-11-5-12(9,10)7-4-2-1-3-6(7)11;1-2/h1-4,9H,5-6H2;1-4,8H,5H2;1-4H,5H2;1-2H3. The van der Waals surface area contributed by atoms with Crippen LogP contribution in [0.4, 0.5) is 11.4 Å². The highest BCUT2D eigenvalue weighted by Crippen LogP contribution is 2.30. The first-order valence-corrected chi connectivity index (χ1v) is 16.1. The molecule has 0 amide bonds. The number of hydrogen-bond donors (Lipinski definition) is 2. The Morgan fingerprint density at radius 2 is 1.38 bits per heavy atom. The van der Waals surface area contributed by atoms with Gasteiger partial charge in [-0.25, -0.2) is 8.42 Å². The molecule has 3 aliphatic rings. The predicted octanol–water partition coefficient (Wildman–Crippen LogP) is 4.95. The van der Waals surface area contributed by atoms with E-state index in [1.54, 1.807) is 18.2 Å². The molecule has 34 heavy (non-hydrogen) atoms. The van der Waals surface area contributed by atoms with Crippen LogP contribution in [-0.4, -0.2) is 40.1 Å². The maximum atomic E-state index is 11.3. The van der Waals surface area contributed by atoms with Crippen LogP contribution in [-0.2, 0) is 31.4 Å². The second kappa shape index (κ2) is 12.5. The molecule has 0 bridgehead atoms. The molecule has 6 rings (SSSR count). The van der Waals surface area contributed by atoms with Gasteiger partial charge in [-0.15, -0.1) is 11.8 Å². The van der Waals surface area contributed by atoms with Crippen molar-refractivity contribution < 1.29 is 16.8 Å². The lowest BCUT2D eigenvalue weighted by Crippen LogP contribution is -2.09. The van der Waals surface area contributed by atoms with E-state index in [9.17, 15) is 16.8 Å². The topological polar surface area (TPSA) is 92.3 Å². The Balaban J connectivity index is 0.000000138. The highest BCUT2D eigenvalue weighted by atomic mass is 32.3. The molecule has 2 unspecified atom stereocenters. The summed E-state index contributed by atoms with van der Waals surface area (Å²) in [5, 5.41) is 6.13. The zero-order valence-electron chi connectivity index (χ0n) is 19.0. The summed E-state index contributed by atoms with van der Waals surface area (Å²) in [5.74, 6) is 1.76. The average molecular weight is 537 g/mol. The van der Waals surface area contributed by atoms with E-state index in [1.165, 1.54) is 22.4 Å². The summed E-state index contributed by atoms with van der Waals surface area (Å²) in [5.41, 5.74) is 2.31. The summed E-state index contributed by atoms with van der Waals surface area (Å²) >= 11 is 1.93. The molecule has 3 heterocycles. The van der Waals surface area contributed by atoms with E-state index in [2.05, 4.69) is 34.9 Å². The number of anilines is 2. The number of hydrogen-bond acceptors (Lipinski definition) is 7. The Bertz CT molecular complexity index is 1250. The van der Waals surface area contributed by atoms with Gasteiger partial charge in [-0.1, -0.05) is 50.2 Å². The Hall–Kier alpha value is -2.14. The Morgan fingerprint density at radius 1 is 0.765 bits per heavy atom. The van der Waals surface area contributed by atoms with Gasteiger partial charge < -0.3 is 10.6 Å². The summed E-state index contributed by atoms with van der Waals surface area (Å²) in [6.45, 7) is 5.10. The van der Waals surface area contributed by atoms with Crippen LogP contribution >= 0.6 is 11.8 Å². The Kier molecular flexibility index (Phi) is 9.75. The van der Waals surface area contributed by atoms with Crippen molar-refractivity contribution in [3.8, 4) is 0 Å². The monoisotopic (exact) mass is 536 g/mol. The molecule has 2 N–H and O–H groups in total. The molecule has 0 saturated carbocycles. The smallest absolute Gasteiger partial charge is 0.191 e. The average Bonchev–Trinajstić information content (AvgIpc) is 3.37.